The van der Waals surface area contributed by atoms with Gasteiger partial charge >= 0.3 is 0 Å². The summed E-state index contributed by atoms with van der Waals surface area (Å²) < 4.78 is 6.77. The minimum atomic E-state index is -0.431. The SMILES string of the molecule is [2H]NC(=O)[C@H]1CC(=C)C[C@@H]1C(=O)NC. The van der Waals surface area contributed by atoms with E-state index in [0.717, 1.165) is 5.57 Å². The van der Waals surface area contributed by atoms with Crippen molar-refractivity contribution in [1.29, 1.82) is 0 Å². The van der Waals surface area contributed by atoms with Crippen LogP contribution >= 0.6 is 0 Å². The van der Waals surface area contributed by atoms with Crippen molar-refractivity contribution in [3.05, 3.63) is 12.2 Å². The van der Waals surface area contributed by atoms with Crippen LogP contribution < -0.4 is 11.0 Å². The summed E-state index contributed by atoms with van der Waals surface area (Å²) in [6.45, 7) is 3.77. The molecule has 13 heavy (non-hydrogen) atoms. The molecule has 2 atom stereocenters. The predicted octanol–water partition coefficient (Wildman–Crippen LogP) is -0.200. The summed E-state index contributed by atoms with van der Waals surface area (Å²) in [6.07, 6.45) is 1.04. The van der Waals surface area contributed by atoms with Crippen molar-refractivity contribution in [1.82, 2.24) is 5.32 Å². The molecule has 1 fully saturated rings. The molecule has 1 aliphatic rings. The molecule has 0 aromatic rings. The number of hydrogen-bond acceptors (Lipinski definition) is 2. The van der Waals surface area contributed by atoms with Crippen molar-refractivity contribution in [3.63, 3.8) is 0 Å². The van der Waals surface area contributed by atoms with Gasteiger partial charge in [0.2, 0.25) is 11.8 Å². The normalized spacial score (nSPS) is 28.1. The molecule has 0 aliphatic heterocycles. The van der Waals surface area contributed by atoms with Crippen LogP contribution in [0.5, 0.6) is 0 Å². The third-order valence-corrected chi connectivity index (χ3v) is 2.42. The Morgan fingerprint density at radius 2 is 2.23 bits per heavy atom. The Bertz CT molecular complexity index is 252. The van der Waals surface area contributed by atoms with Gasteiger partial charge in [-0.2, -0.15) is 0 Å². The second kappa shape index (κ2) is 3.60. The number of carbonyl (C=O) groups excluding carboxylic acids is 2. The van der Waals surface area contributed by atoms with Gasteiger partial charge in [-0.25, -0.2) is 0 Å². The molecule has 0 heterocycles. The van der Waals surface area contributed by atoms with Gasteiger partial charge in [-0.1, -0.05) is 12.2 Å². The molecule has 0 radical (unpaired) electrons. The van der Waals surface area contributed by atoms with Crippen LogP contribution in [0.4, 0.5) is 0 Å². The highest BCUT2D eigenvalue weighted by atomic mass is 16.2. The number of nitrogens with one attached hydrogen (secondary N) is 1. The molecule has 4 nitrogen and oxygen atoms in total. The average Bonchev–Trinajstić information content (AvgIpc) is 2.58. The third kappa shape index (κ3) is 1.88. The van der Waals surface area contributed by atoms with Gasteiger partial charge in [0.25, 0.3) is 0 Å². The van der Waals surface area contributed by atoms with Crippen LogP contribution in [0.25, 0.3) is 0 Å². The van der Waals surface area contributed by atoms with Crippen molar-refractivity contribution in [3.8, 4) is 0 Å². The minimum Gasteiger partial charge on any atom is -0.369 e. The van der Waals surface area contributed by atoms with Crippen molar-refractivity contribution in [2.45, 2.75) is 12.8 Å². The number of hydrogen-bond donors (Lipinski definition) is 2. The van der Waals surface area contributed by atoms with E-state index in [9.17, 15) is 9.59 Å². The number of allylic oxidation sites excluding steroid dienone is 1. The highest BCUT2D eigenvalue weighted by Gasteiger charge is 2.37. The summed E-state index contributed by atoms with van der Waals surface area (Å²) >= 11 is 0. The molecule has 2 amide bonds. The first kappa shape index (κ1) is 8.29. The first-order valence-corrected chi connectivity index (χ1v) is 4.20. The molecule has 0 spiro atoms. The largest absolute Gasteiger partial charge is 0.369 e. The van der Waals surface area contributed by atoms with Crippen LogP contribution in [0.15, 0.2) is 12.2 Å². The number of nitrogens with two attached hydrogens (primary N) is 1. The molecule has 1 saturated carbocycles. The molecule has 1 aliphatic carbocycles. The van der Waals surface area contributed by atoms with Crippen LogP contribution in [0.2, 0.25) is 1.41 Å². The van der Waals surface area contributed by atoms with Crippen molar-refractivity contribution in [2.24, 2.45) is 17.6 Å². The zero-order valence-electron chi connectivity index (χ0n) is 8.59. The lowest BCUT2D eigenvalue weighted by atomic mass is 9.95. The van der Waals surface area contributed by atoms with Gasteiger partial charge in [0.1, 0.15) is 0 Å². The summed E-state index contributed by atoms with van der Waals surface area (Å²) in [5.74, 6) is -1.35. The Balaban J connectivity index is 2.77. The van der Waals surface area contributed by atoms with Crippen molar-refractivity contribution >= 4 is 11.8 Å². The van der Waals surface area contributed by atoms with E-state index in [0.29, 0.717) is 12.8 Å². The zero-order valence-corrected chi connectivity index (χ0v) is 7.59. The smallest absolute Gasteiger partial charge is 0.223 e. The van der Waals surface area contributed by atoms with Crippen LogP contribution in [-0.2, 0) is 9.59 Å². The van der Waals surface area contributed by atoms with E-state index in [1.807, 2.05) is 5.73 Å². The molecule has 0 unspecified atom stereocenters. The summed E-state index contributed by atoms with van der Waals surface area (Å²) in [5.41, 5.74) is 2.72. The van der Waals surface area contributed by atoms with E-state index in [1.54, 1.807) is 7.05 Å². The maximum absolute atomic E-state index is 11.4. The number of amides is 2. The predicted molar refractivity (Wildman–Crippen MR) is 48.6 cm³/mol. The maximum atomic E-state index is 11.4. The lowest BCUT2D eigenvalue weighted by Gasteiger charge is -2.13. The quantitative estimate of drug-likeness (QED) is 0.582. The van der Waals surface area contributed by atoms with Gasteiger partial charge in [-0.05, 0) is 12.8 Å². The van der Waals surface area contributed by atoms with E-state index in [1.165, 1.54) is 0 Å². The van der Waals surface area contributed by atoms with E-state index in [4.69, 9.17) is 1.41 Å². The molecule has 4 heteroatoms. The molecule has 0 aromatic carbocycles. The Morgan fingerprint density at radius 3 is 2.77 bits per heavy atom. The number of carbonyl (C=O) groups is 2. The molecule has 3 N–H and O–H groups in total. The summed E-state index contributed by atoms with van der Waals surface area (Å²) in [5, 5.41) is 2.52. The molecule has 0 bridgehead atoms. The number of primary amides is 1. The van der Waals surface area contributed by atoms with Gasteiger partial charge in [-0.3, -0.25) is 9.59 Å². The summed E-state index contributed by atoms with van der Waals surface area (Å²) in [7, 11) is 1.54. The van der Waals surface area contributed by atoms with Gasteiger partial charge < -0.3 is 11.0 Å². The van der Waals surface area contributed by atoms with Crippen LogP contribution in [-0.4, -0.2) is 18.9 Å². The molecule has 72 valence electrons. The molecule has 0 aromatic heterocycles. The Hall–Kier alpha value is -1.32. The molecule has 0 saturated heterocycles. The standard InChI is InChI=1S/C9H14N2O2/c1-5-3-6(8(10)12)7(4-5)9(13)11-2/h6-7H,1,3-4H2,2H3,(H2,10,12)(H,11,13)/t6-,7-/m0/s1/i/hD. The van der Waals surface area contributed by atoms with E-state index in [-0.39, 0.29) is 11.8 Å². The number of rotatable bonds is 2. The monoisotopic (exact) mass is 183 g/mol. The van der Waals surface area contributed by atoms with Crippen molar-refractivity contribution < 1.29 is 11.0 Å². The Kier molecular flexibility index (Phi) is 2.29. The first-order valence-electron chi connectivity index (χ1n) is 4.70. The fourth-order valence-electron chi connectivity index (χ4n) is 1.73. The van der Waals surface area contributed by atoms with E-state index < -0.39 is 11.8 Å². The topological polar surface area (TPSA) is 72.2 Å². The fraction of sp³-hybridized carbons (Fsp3) is 0.556. The van der Waals surface area contributed by atoms with Crippen LogP contribution in [0, 0.1) is 11.8 Å². The summed E-state index contributed by atoms with van der Waals surface area (Å²) in [4.78, 5) is 22.7. The highest BCUT2D eigenvalue weighted by molar-refractivity contribution is 5.88. The fourth-order valence-corrected chi connectivity index (χ4v) is 1.73. The Labute approximate surface area is 78.6 Å². The van der Waals surface area contributed by atoms with E-state index in [2.05, 4.69) is 11.9 Å². The van der Waals surface area contributed by atoms with Crippen LogP contribution in [0.3, 0.4) is 0 Å². The van der Waals surface area contributed by atoms with Gasteiger partial charge in [0.15, 0.2) is 1.41 Å². The Morgan fingerprint density at radius 1 is 1.62 bits per heavy atom. The second-order valence-corrected chi connectivity index (χ2v) is 3.35. The van der Waals surface area contributed by atoms with Gasteiger partial charge in [0.05, 0.1) is 11.8 Å². The maximum Gasteiger partial charge on any atom is 0.223 e. The van der Waals surface area contributed by atoms with Crippen LogP contribution in [0.1, 0.15) is 12.8 Å². The molecule has 1 rings (SSSR count). The molecular weight excluding hydrogens is 168 g/mol. The lowest BCUT2D eigenvalue weighted by Crippen LogP contribution is -2.35. The van der Waals surface area contributed by atoms with Gasteiger partial charge in [-0.15, -0.1) is 0 Å². The first-order chi connectivity index (χ1) is 6.60. The third-order valence-electron chi connectivity index (χ3n) is 2.42. The minimum absolute atomic E-state index is 0.155. The summed E-state index contributed by atoms with van der Waals surface area (Å²) in [6, 6.07) is 0. The zero-order chi connectivity index (χ0) is 10.7. The average molecular weight is 183 g/mol. The van der Waals surface area contributed by atoms with E-state index >= 15 is 0 Å². The lowest BCUT2D eigenvalue weighted by molar-refractivity contribution is -0.131. The van der Waals surface area contributed by atoms with Gasteiger partial charge in [0, 0.05) is 7.05 Å². The highest BCUT2D eigenvalue weighted by Crippen LogP contribution is 2.34. The second-order valence-electron chi connectivity index (χ2n) is 3.35. The molecular formula is C9H14N2O2. The van der Waals surface area contributed by atoms with Crippen molar-refractivity contribution in [2.75, 3.05) is 7.05 Å².